The Balaban J connectivity index is 1.37. The maximum absolute atomic E-state index is 6.17. The molecule has 0 aliphatic rings. The molecule has 0 aliphatic heterocycles. The number of nitrogen functional groups attached to an aromatic ring is 1. The van der Waals surface area contributed by atoms with Gasteiger partial charge in [0, 0.05) is 31.1 Å². The number of nitrogens with two attached hydrogens (primary N) is 1. The minimum absolute atomic E-state index is 0.605. The van der Waals surface area contributed by atoms with Crippen molar-refractivity contribution in [1.29, 1.82) is 0 Å². The highest BCUT2D eigenvalue weighted by molar-refractivity contribution is 7.26. The molecule has 4 aromatic carbocycles. The van der Waals surface area contributed by atoms with Crippen LogP contribution >= 0.6 is 11.3 Å². The Morgan fingerprint density at radius 1 is 0.688 bits per heavy atom. The quantitative estimate of drug-likeness (QED) is 0.227. The van der Waals surface area contributed by atoms with Gasteiger partial charge in [0.1, 0.15) is 11.4 Å². The van der Waals surface area contributed by atoms with Gasteiger partial charge in [0.05, 0.1) is 17.6 Å². The van der Waals surface area contributed by atoms with E-state index in [2.05, 4.69) is 57.7 Å². The second kappa shape index (κ2) is 7.55. The summed E-state index contributed by atoms with van der Waals surface area (Å²) in [6.07, 6.45) is 1.76. The van der Waals surface area contributed by atoms with Crippen LogP contribution in [0.1, 0.15) is 0 Å². The van der Waals surface area contributed by atoms with Crippen molar-refractivity contribution in [2.45, 2.75) is 0 Å². The summed E-state index contributed by atoms with van der Waals surface area (Å²) in [5.74, 6) is 0. The van der Waals surface area contributed by atoms with E-state index in [1.807, 2.05) is 48.5 Å². The maximum Gasteiger partial charge on any atom is 0.116 e. The molecule has 6 rings (SSSR count). The standard InChI is InChI=1S/C27H18N4S/c28-23-14-12-17-6-1-2-7-19(17)26(23)31-30-18-13-15-24(29-16-18)22-10-5-9-21-20-8-3-4-11-25(20)32-27(21)22/h1-16H,28H2. The Hall–Kier alpha value is -4.09. The van der Waals surface area contributed by atoms with Crippen LogP contribution in [-0.4, -0.2) is 4.98 Å². The third kappa shape index (κ3) is 3.11. The highest BCUT2D eigenvalue weighted by Gasteiger charge is 2.11. The van der Waals surface area contributed by atoms with Gasteiger partial charge in [-0.05, 0) is 29.7 Å². The number of hydrogen-bond acceptors (Lipinski definition) is 5. The normalized spacial score (nSPS) is 11.8. The molecule has 0 radical (unpaired) electrons. The van der Waals surface area contributed by atoms with Gasteiger partial charge < -0.3 is 5.73 Å². The van der Waals surface area contributed by atoms with Crippen molar-refractivity contribution in [3.8, 4) is 11.3 Å². The van der Waals surface area contributed by atoms with Crippen molar-refractivity contribution in [3.05, 3.63) is 97.2 Å². The SMILES string of the molecule is Nc1ccc2ccccc2c1N=Nc1ccc(-c2cccc3c2sc2ccccc23)nc1. The molecule has 0 amide bonds. The first-order valence-corrected chi connectivity index (χ1v) is 11.2. The zero-order valence-electron chi connectivity index (χ0n) is 17.1. The average Bonchev–Trinajstić information content (AvgIpc) is 3.23. The Labute approximate surface area is 188 Å². The molecule has 2 aromatic heterocycles. The summed E-state index contributed by atoms with van der Waals surface area (Å²) < 4.78 is 2.53. The Kier molecular flexibility index (Phi) is 4.40. The molecule has 0 saturated heterocycles. The molecule has 2 heterocycles. The van der Waals surface area contributed by atoms with Crippen LogP contribution in [0.2, 0.25) is 0 Å². The number of anilines is 1. The second-order valence-electron chi connectivity index (χ2n) is 7.61. The molecule has 0 spiro atoms. The number of fused-ring (bicyclic) bond motifs is 4. The zero-order chi connectivity index (χ0) is 21.5. The minimum atomic E-state index is 0.605. The maximum atomic E-state index is 6.17. The van der Waals surface area contributed by atoms with Gasteiger partial charge in [-0.2, -0.15) is 0 Å². The van der Waals surface area contributed by atoms with Gasteiger partial charge in [0.25, 0.3) is 0 Å². The van der Waals surface area contributed by atoms with Crippen molar-refractivity contribution in [2.24, 2.45) is 10.2 Å². The van der Waals surface area contributed by atoms with Crippen LogP contribution in [-0.2, 0) is 0 Å². The fraction of sp³-hybridized carbons (Fsp3) is 0. The number of rotatable bonds is 3. The fourth-order valence-electron chi connectivity index (χ4n) is 4.04. The lowest BCUT2D eigenvalue weighted by Crippen LogP contribution is -1.86. The lowest BCUT2D eigenvalue weighted by Gasteiger charge is -2.05. The molecular formula is C27H18N4S. The van der Waals surface area contributed by atoms with Gasteiger partial charge in [-0.3, -0.25) is 4.98 Å². The highest BCUT2D eigenvalue weighted by Crippen LogP contribution is 2.39. The van der Waals surface area contributed by atoms with E-state index in [0.29, 0.717) is 17.1 Å². The van der Waals surface area contributed by atoms with Gasteiger partial charge in [0.2, 0.25) is 0 Å². The summed E-state index contributed by atoms with van der Waals surface area (Å²) in [4.78, 5) is 4.69. The lowest BCUT2D eigenvalue weighted by molar-refractivity contribution is 1.21. The molecule has 0 saturated carbocycles. The summed E-state index contributed by atoms with van der Waals surface area (Å²) in [7, 11) is 0. The molecule has 32 heavy (non-hydrogen) atoms. The summed E-state index contributed by atoms with van der Waals surface area (Å²) in [5, 5.41) is 13.5. The number of hydrogen-bond donors (Lipinski definition) is 1. The topological polar surface area (TPSA) is 63.6 Å². The molecule has 0 atom stereocenters. The summed E-state index contributed by atoms with van der Waals surface area (Å²) in [6, 6.07) is 30.7. The van der Waals surface area contributed by atoms with E-state index in [9.17, 15) is 0 Å². The fourth-order valence-corrected chi connectivity index (χ4v) is 5.27. The van der Waals surface area contributed by atoms with Gasteiger partial charge in [-0.15, -0.1) is 21.6 Å². The van der Waals surface area contributed by atoms with Crippen LogP contribution < -0.4 is 5.73 Å². The van der Waals surface area contributed by atoms with Crippen LogP contribution in [0, 0.1) is 0 Å². The zero-order valence-corrected chi connectivity index (χ0v) is 17.9. The Bertz CT molecular complexity index is 1630. The predicted molar refractivity (Wildman–Crippen MR) is 135 cm³/mol. The summed E-state index contributed by atoms with van der Waals surface area (Å²) in [5.41, 5.74) is 10.2. The van der Waals surface area contributed by atoms with E-state index in [0.717, 1.165) is 22.0 Å². The molecule has 4 nitrogen and oxygen atoms in total. The number of aromatic nitrogens is 1. The van der Waals surface area contributed by atoms with Gasteiger partial charge in [-0.25, -0.2) is 0 Å². The number of nitrogens with zero attached hydrogens (tertiary/aromatic N) is 3. The van der Waals surface area contributed by atoms with E-state index in [-0.39, 0.29) is 0 Å². The van der Waals surface area contributed by atoms with Gasteiger partial charge >= 0.3 is 0 Å². The third-order valence-electron chi connectivity index (χ3n) is 5.63. The first-order valence-electron chi connectivity index (χ1n) is 10.3. The smallest absolute Gasteiger partial charge is 0.116 e. The van der Waals surface area contributed by atoms with E-state index in [1.165, 1.54) is 20.2 Å². The molecule has 152 valence electrons. The monoisotopic (exact) mass is 430 g/mol. The number of azo groups is 1. The van der Waals surface area contributed by atoms with Crippen molar-refractivity contribution in [3.63, 3.8) is 0 Å². The first kappa shape index (κ1) is 18.7. The Morgan fingerprint density at radius 2 is 1.50 bits per heavy atom. The molecule has 5 heteroatoms. The summed E-state index contributed by atoms with van der Waals surface area (Å²) >= 11 is 1.80. The van der Waals surface area contributed by atoms with Crippen LogP contribution in [0.5, 0.6) is 0 Å². The highest BCUT2D eigenvalue weighted by atomic mass is 32.1. The van der Waals surface area contributed by atoms with Crippen molar-refractivity contribution in [2.75, 3.05) is 5.73 Å². The molecule has 6 aromatic rings. The van der Waals surface area contributed by atoms with Crippen LogP contribution in [0.15, 0.2) is 107 Å². The second-order valence-corrected chi connectivity index (χ2v) is 8.66. The lowest BCUT2D eigenvalue weighted by atomic mass is 10.1. The predicted octanol–water partition coefficient (Wildman–Crippen LogP) is 8.27. The van der Waals surface area contributed by atoms with Crippen molar-refractivity contribution >= 4 is 59.3 Å². The largest absolute Gasteiger partial charge is 0.397 e. The number of pyridine rings is 1. The molecule has 0 unspecified atom stereocenters. The number of benzene rings is 4. The Morgan fingerprint density at radius 3 is 2.38 bits per heavy atom. The van der Waals surface area contributed by atoms with Crippen LogP contribution in [0.25, 0.3) is 42.2 Å². The van der Waals surface area contributed by atoms with E-state index in [1.54, 1.807) is 17.5 Å². The van der Waals surface area contributed by atoms with Crippen molar-refractivity contribution < 1.29 is 0 Å². The molecule has 2 N–H and O–H groups in total. The molecular weight excluding hydrogens is 412 g/mol. The van der Waals surface area contributed by atoms with Crippen LogP contribution in [0.4, 0.5) is 17.1 Å². The average molecular weight is 431 g/mol. The van der Waals surface area contributed by atoms with Gasteiger partial charge in [-0.1, -0.05) is 66.7 Å². The van der Waals surface area contributed by atoms with Crippen molar-refractivity contribution in [1.82, 2.24) is 4.98 Å². The number of thiophene rings is 1. The minimum Gasteiger partial charge on any atom is -0.397 e. The third-order valence-corrected chi connectivity index (χ3v) is 6.85. The molecule has 0 fully saturated rings. The van der Waals surface area contributed by atoms with Crippen LogP contribution in [0.3, 0.4) is 0 Å². The van der Waals surface area contributed by atoms with Gasteiger partial charge in [0.15, 0.2) is 0 Å². The van der Waals surface area contributed by atoms with E-state index < -0.39 is 0 Å². The summed E-state index contributed by atoms with van der Waals surface area (Å²) in [6.45, 7) is 0. The van der Waals surface area contributed by atoms with E-state index >= 15 is 0 Å². The molecule has 0 bridgehead atoms. The molecule has 0 aliphatic carbocycles. The van der Waals surface area contributed by atoms with E-state index in [4.69, 9.17) is 5.73 Å². The first-order chi connectivity index (χ1) is 15.8.